The van der Waals surface area contributed by atoms with Crippen molar-refractivity contribution in [3.05, 3.63) is 36.0 Å². The predicted octanol–water partition coefficient (Wildman–Crippen LogP) is 1.43. The average molecular weight is 319 g/mol. The maximum Gasteiger partial charge on any atom is 0.338 e. The second-order valence-corrected chi connectivity index (χ2v) is 5.86. The van der Waals surface area contributed by atoms with Crippen LogP contribution in [0.4, 0.5) is 0 Å². The third-order valence-corrected chi connectivity index (χ3v) is 4.05. The van der Waals surface area contributed by atoms with Crippen LogP contribution in [-0.4, -0.2) is 45.4 Å². The number of aliphatic hydroxyl groups is 1. The van der Waals surface area contributed by atoms with E-state index in [1.807, 2.05) is 20.8 Å². The van der Waals surface area contributed by atoms with Gasteiger partial charge < -0.3 is 20.3 Å². The molecule has 0 bridgehead atoms. The Morgan fingerprint density at radius 1 is 1.57 bits per heavy atom. The highest BCUT2D eigenvalue weighted by atomic mass is 16.5. The highest BCUT2D eigenvalue weighted by Crippen LogP contribution is 2.28. The summed E-state index contributed by atoms with van der Waals surface area (Å²) >= 11 is 0. The van der Waals surface area contributed by atoms with Gasteiger partial charge in [0.25, 0.3) is 0 Å². The molecule has 124 valence electrons. The molecule has 2 unspecified atom stereocenters. The summed E-state index contributed by atoms with van der Waals surface area (Å²) in [5, 5.41) is 22.7. The van der Waals surface area contributed by atoms with Crippen molar-refractivity contribution in [3.8, 4) is 5.88 Å². The van der Waals surface area contributed by atoms with E-state index in [2.05, 4.69) is 21.9 Å². The van der Waals surface area contributed by atoms with Gasteiger partial charge in [-0.25, -0.2) is 14.8 Å². The van der Waals surface area contributed by atoms with Crippen LogP contribution >= 0.6 is 0 Å². The Balaban J connectivity index is 2.43. The number of hydrogen-bond donors (Lipinski definition) is 3. The van der Waals surface area contributed by atoms with Gasteiger partial charge in [-0.05, 0) is 18.9 Å². The number of aromatic nitrogens is 1. The van der Waals surface area contributed by atoms with Crippen LogP contribution in [0.25, 0.3) is 0 Å². The molecule has 0 saturated carbocycles. The number of carboxylic acids is 1. The molecule has 1 aliphatic rings. The molecular formula is C16H21N3O4. The standard InChI is InChI=1S/C16H21N3O4/c1-5-8-23-11-7-6-10(14(20)21)12(17-11)13-18-15(22)16(4,19-13)9(2)3/h5-7,9,15,22H,1,8H2,2-4H3,(H,18,19)(H,20,21). The fourth-order valence-electron chi connectivity index (χ4n) is 2.19. The first-order valence-corrected chi connectivity index (χ1v) is 7.32. The zero-order valence-corrected chi connectivity index (χ0v) is 13.4. The number of hydrogen-bond acceptors (Lipinski definition) is 6. The Morgan fingerprint density at radius 3 is 2.78 bits per heavy atom. The van der Waals surface area contributed by atoms with Crippen molar-refractivity contribution in [2.45, 2.75) is 32.5 Å². The minimum absolute atomic E-state index is 0.0117. The summed E-state index contributed by atoms with van der Waals surface area (Å²) in [6, 6.07) is 2.88. The van der Waals surface area contributed by atoms with Crippen LogP contribution in [0, 0.1) is 5.92 Å². The third-order valence-electron chi connectivity index (χ3n) is 4.05. The number of rotatable bonds is 6. The fourth-order valence-corrected chi connectivity index (χ4v) is 2.19. The van der Waals surface area contributed by atoms with Gasteiger partial charge in [0.1, 0.15) is 12.3 Å². The summed E-state index contributed by atoms with van der Waals surface area (Å²) in [4.78, 5) is 19.8. The summed E-state index contributed by atoms with van der Waals surface area (Å²) < 4.78 is 5.35. The summed E-state index contributed by atoms with van der Waals surface area (Å²) in [5.41, 5.74) is -0.560. The molecule has 2 atom stereocenters. The van der Waals surface area contributed by atoms with Gasteiger partial charge in [0.15, 0.2) is 12.1 Å². The molecule has 0 fully saturated rings. The van der Waals surface area contributed by atoms with Crippen LogP contribution in [0.5, 0.6) is 5.88 Å². The van der Waals surface area contributed by atoms with Crippen molar-refractivity contribution >= 4 is 11.8 Å². The molecular weight excluding hydrogens is 298 g/mol. The molecule has 0 spiro atoms. The second kappa shape index (κ2) is 6.37. The Morgan fingerprint density at radius 2 is 2.26 bits per heavy atom. The number of aliphatic imine (C=N–C) groups is 1. The van der Waals surface area contributed by atoms with Crippen LogP contribution in [-0.2, 0) is 0 Å². The van der Waals surface area contributed by atoms with Gasteiger partial charge in [-0.2, -0.15) is 0 Å². The monoisotopic (exact) mass is 319 g/mol. The van der Waals surface area contributed by atoms with Gasteiger partial charge in [-0.1, -0.05) is 26.5 Å². The average Bonchev–Trinajstić information content (AvgIpc) is 2.81. The number of aliphatic hydroxyl groups excluding tert-OH is 1. The lowest BCUT2D eigenvalue weighted by molar-refractivity contribution is 0.0696. The fraction of sp³-hybridized carbons (Fsp3) is 0.438. The molecule has 7 heteroatoms. The van der Waals surface area contributed by atoms with Gasteiger partial charge in [-0.3, -0.25) is 0 Å². The summed E-state index contributed by atoms with van der Waals surface area (Å²) in [6.07, 6.45) is 0.580. The maximum absolute atomic E-state index is 11.4. The molecule has 1 aromatic heterocycles. The number of carbonyl (C=O) groups is 1. The van der Waals surface area contributed by atoms with E-state index in [0.717, 1.165) is 0 Å². The molecule has 23 heavy (non-hydrogen) atoms. The van der Waals surface area contributed by atoms with E-state index < -0.39 is 17.7 Å². The largest absolute Gasteiger partial charge is 0.478 e. The van der Waals surface area contributed by atoms with Crippen LogP contribution in [0.3, 0.4) is 0 Å². The lowest BCUT2D eigenvalue weighted by Gasteiger charge is -2.32. The molecule has 2 rings (SSSR count). The van der Waals surface area contributed by atoms with Crippen molar-refractivity contribution in [2.24, 2.45) is 10.9 Å². The maximum atomic E-state index is 11.4. The molecule has 7 nitrogen and oxygen atoms in total. The molecule has 2 heterocycles. The number of amidine groups is 1. The molecule has 0 saturated heterocycles. The smallest absolute Gasteiger partial charge is 0.338 e. The first-order valence-electron chi connectivity index (χ1n) is 7.32. The van der Waals surface area contributed by atoms with E-state index in [1.165, 1.54) is 12.1 Å². The summed E-state index contributed by atoms with van der Waals surface area (Å²) in [7, 11) is 0. The van der Waals surface area contributed by atoms with Gasteiger partial charge in [0.05, 0.1) is 11.1 Å². The number of nitrogens with one attached hydrogen (secondary N) is 1. The Bertz CT molecular complexity index is 657. The van der Waals surface area contributed by atoms with Gasteiger partial charge in [0, 0.05) is 6.07 Å². The van der Waals surface area contributed by atoms with Crippen molar-refractivity contribution in [3.63, 3.8) is 0 Å². The lowest BCUT2D eigenvalue weighted by atomic mass is 9.87. The SMILES string of the molecule is C=CCOc1ccc(C(=O)O)c(C2=NC(O)C(C)(C(C)C)N2)n1. The lowest BCUT2D eigenvalue weighted by Crippen LogP contribution is -2.52. The van der Waals surface area contributed by atoms with Gasteiger partial charge in [-0.15, -0.1) is 0 Å². The Labute approximate surface area is 134 Å². The van der Waals surface area contributed by atoms with E-state index in [9.17, 15) is 15.0 Å². The van der Waals surface area contributed by atoms with E-state index in [0.29, 0.717) is 0 Å². The number of ether oxygens (including phenoxy) is 1. The molecule has 0 aromatic carbocycles. The highest BCUT2D eigenvalue weighted by molar-refractivity contribution is 6.07. The first-order chi connectivity index (χ1) is 10.8. The van der Waals surface area contributed by atoms with Crippen LogP contribution in [0.1, 0.15) is 36.8 Å². The quantitative estimate of drug-likeness (QED) is 0.685. The molecule has 1 aromatic rings. The number of carboxylic acid groups (broad SMARTS) is 1. The third kappa shape index (κ3) is 3.19. The van der Waals surface area contributed by atoms with Crippen LogP contribution < -0.4 is 10.1 Å². The minimum atomic E-state index is -1.13. The molecule has 0 radical (unpaired) electrons. The molecule has 0 aliphatic carbocycles. The van der Waals surface area contributed by atoms with Gasteiger partial charge in [0.2, 0.25) is 5.88 Å². The van der Waals surface area contributed by atoms with Gasteiger partial charge >= 0.3 is 5.97 Å². The van der Waals surface area contributed by atoms with E-state index in [4.69, 9.17) is 4.74 Å². The minimum Gasteiger partial charge on any atom is -0.478 e. The van der Waals surface area contributed by atoms with Crippen molar-refractivity contribution in [1.29, 1.82) is 0 Å². The topological polar surface area (TPSA) is 104 Å². The summed E-state index contributed by atoms with van der Waals surface area (Å²) in [5.74, 6) is -0.538. The molecule has 0 amide bonds. The molecule has 1 aliphatic heterocycles. The molecule has 3 N–H and O–H groups in total. The Kier molecular flexibility index (Phi) is 4.70. The van der Waals surface area contributed by atoms with E-state index >= 15 is 0 Å². The number of pyridine rings is 1. The zero-order chi connectivity index (χ0) is 17.2. The van der Waals surface area contributed by atoms with E-state index in [1.54, 1.807) is 6.08 Å². The highest BCUT2D eigenvalue weighted by Gasteiger charge is 2.43. The second-order valence-electron chi connectivity index (χ2n) is 5.86. The zero-order valence-electron chi connectivity index (χ0n) is 13.4. The van der Waals surface area contributed by atoms with E-state index in [-0.39, 0.29) is 35.5 Å². The van der Waals surface area contributed by atoms with Crippen molar-refractivity contribution in [2.75, 3.05) is 6.61 Å². The van der Waals surface area contributed by atoms with Crippen LogP contribution in [0.15, 0.2) is 29.8 Å². The summed E-state index contributed by atoms with van der Waals surface area (Å²) in [6.45, 7) is 9.54. The van der Waals surface area contributed by atoms with Crippen LogP contribution in [0.2, 0.25) is 0 Å². The van der Waals surface area contributed by atoms with Crippen molar-refractivity contribution in [1.82, 2.24) is 10.3 Å². The predicted molar refractivity (Wildman–Crippen MR) is 85.8 cm³/mol. The Hall–Kier alpha value is -2.41. The van der Waals surface area contributed by atoms with Crippen molar-refractivity contribution < 1.29 is 19.7 Å². The first kappa shape index (κ1) is 17.0. The number of nitrogens with zero attached hydrogens (tertiary/aromatic N) is 2. The normalized spacial score (nSPS) is 23.3. The number of aromatic carboxylic acids is 1.